The van der Waals surface area contributed by atoms with Gasteiger partial charge in [0.25, 0.3) is 0 Å². The third-order valence-corrected chi connectivity index (χ3v) is 3.90. The van der Waals surface area contributed by atoms with Gasteiger partial charge in [-0.05, 0) is 31.1 Å². The van der Waals surface area contributed by atoms with Crippen molar-refractivity contribution in [3.8, 4) is 0 Å². The molecule has 1 saturated heterocycles. The van der Waals surface area contributed by atoms with Crippen LogP contribution in [0.2, 0.25) is 0 Å². The summed E-state index contributed by atoms with van der Waals surface area (Å²) in [5.74, 6) is 2.16. The Morgan fingerprint density at radius 3 is 2.33 bits per heavy atom. The van der Waals surface area contributed by atoms with Crippen molar-refractivity contribution >= 4 is 11.8 Å². The van der Waals surface area contributed by atoms with Crippen LogP contribution in [0, 0.1) is 18.3 Å². The zero-order valence-electron chi connectivity index (χ0n) is 11.9. The van der Waals surface area contributed by atoms with Crippen molar-refractivity contribution in [2.24, 2.45) is 11.3 Å². The molecule has 0 aromatic carbocycles. The minimum atomic E-state index is 0.378. The first-order valence-electron chi connectivity index (χ1n) is 6.72. The summed E-state index contributed by atoms with van der Waals surface area (Å²) in [6.07, 6.45) is 2.46. The molecule has 4 nitrogen and oxygen atoms in total. The van der Waals surface area contributed by atoms with E-state index in [1.54, 1.807) is 0 Å². The molecule has 2 N–H and O–H groups in total. The molecular formula is C14H24N4. The fraction of sp³-hybridized carbons (Fsp3) is 0.714. The zero-order chi connectivity index (χ0) is 13.3. The Morgan fingerprint density at radius 2 is 1.83 bits per heavy atom. The summed E-state index contributed by atoms with van der Waals surface area (Å²) in [5.41, 5.74) is 7.06. The molecule has 2 rings (SSSR count). The molecule has 2 heterocycles. The Bertz CT molecular complexity index is 394. The molecule has 0 unspecified atom stereocenters. The molecule has 0 bridgehead atoms. The molecule has 0 spiro atoms. The fourth-order valence-electron chi connectivity index (χ4n) is 2.71. The highest BCUT2D eigenvalue weighted by atomic mass is 15.2. The van der Waals surface area contributed by atoms with Gasteiger partial charge in [0, 0.05) is 24.8 Å². The molecule has 0 atom stereocenters. The van der Waals surface area contributed by atoms with Crippen molar-refractivity contribution in [1.29, 1.82) is 0 Å². The van der Waals surface area contributed by atoms with Crippen LogP contribution >= 0.6 is 0 Å². The topological polar surface area (TPSA) is 55.0 Å². The second-order valence-corrected chi connectivity index (χ2v) is 6.35. The Kier molecular flexibility index (Phi) is 3.46. The van der Waals surface area contributed by atoms with Crippen molar-refractivity contribution in [3.63, 3.8) is 0 Å². The van der Waals surface area contributed by atoms with Crippen LogP contribution < -0.4 is 10.6 Å². The monoisotopic (exact) mass is 248 g/mol. The summed E-state index contributed by atoms with van der Waals surface area (Å²) >= 11 is 0. The van der Waals surface area contributed by atoms with E-state index >= 15 is 0 Å². The van der Waals surface area contributed by atoms with Crippen LogP contribution in [0.1, 0.15) is 39.3 Å². The third-order valence-electron chi connectivity index (χ3n) is 3.90. The Hall–Kier alpha value is -1.32. The highest BCUT2D eigenvalue weighted by Gasteiger charge is 2.29. The minimum absolute atomic E-state index is 0.378. The molecule has 1 aliphatic rings. The van der Waals surface area contributed by atoms with E-state index in [0.717, 1.165) is 30.5 Å². The van der Waals surface area contributed by atoms with Crippen LogP contribution in [-0.4, -0.2) is 23.1 Å². The van der Waals surface area contributed by atoms with Crippen LogP contribution in [0.4, 0.5) is 11.8 Å². The molecule has 0 radical (unpaired) electrons. The van der Waals surface area contributed by atoms with Gasteiger partial charge in [-0.25, -0.2) is 4.98 Å². The maximum atomic E-state index is 5.71. The van der Waals surface area contributed by atoms with Gasteiger partial charge in [-0.1, -0.05) is 20.8 Å². The number of aromatic nitrogens is 2. The summed E-state index contributed by atoms with van der Waals surface area (Å²) in [6.45, 7) is 11.1. The average Bonchev–Trinajstić information content (AvgIpc) is 2.27. The van der Waals surface area contributed by atoms with E-state index in [2.05, 4.69) is 35.6 Å². The van der Waals surface area contributed by atoms with E-state index in [4.69, 9.17) is 5.73 Å². The lowest BCUT2D eigenvalue weighted by Gasteiger charge is -2.39. The Labute approximate surface area is 110 Å². The molecule has 0 saturated carbocycles. The summed E-state index contributed by atoms with van der Waals surface area (Å²) in [6, 6.07) is 2.02. The van der Waals surface area contributed by atoms with Crippen molar-refractivity contribution in [1.82, 2.24) is 9.97 Å². The number of nitrogen functional groups attached to an aromatic ring is 1. The van der Waals surface area contributed by atoms with Crippen LogP contribution in [0.15, 0.2) is 6.07 Å². The van der Waals surface area contributed by atoms with Crippen LogP contribution in [0.25, 0.3) is 0 Å². The smallest absolute Gasteiger partial charge is 0.222 e. The van der Waals surface area contributed by atoms with Gasteiger partial charge in [0.05, 0.1) is 0 Å². The first kappa shape index (κ1) is 13.1. The highest BCUT2D eigenvalue weighted by molar-refractivity contribution is 5.43. The maximum Gasteiger partial charge on any atom is 0.222 e. The largest absolute Gasteiger partial charge is 0.368 e. The van der Waals surface area contributed by atoms with E-state index in [9.17, 15) is 0 Å². The van der Waals surface area contributed by atoms with Gasteiger partial charge in [-0.2, -0.15) is 4.98 Å². The van der Waals surface area contributed by atoms with Gasteiger partial charge in [0.2, 0.25) is 5.95 Å². The summed E-state index contributed by atoms with van der Waals surface area (Å²) in [5, 5.41) is 0. The van der Waals surface area contributed by atoms with E-state index < -0.39 is 0 Å². The van der Waals surface area contributed by atoms with Gasteiger partial charge in [0.1, 0.15) is 5.82 Å². The molecule has 1 aromatic heterocycles. The average molecular weight is 248 g/mol. The van der Waals surface area contributed by atoms with Crippen LogP contribution in [-0.2, 0) is 0 Å². The van der Waals surface area contributed by atoms with Gasteiger partial charge >= 0.3 is 0 Å². The molecular weight excluding hydrogens is 224 g/mol. The molecule has 100 valence electrons. The Morgan fingerprint density at radius 1 is 1.22 bits per heavy atom. The molecule has 18 heavy (non-hydrogen) atoms. The van der Waals surface area contributed by atoms with Crippen molar-refractivity contribution < 1.29 is 0 Å². The first-order valence-corrected chi connectivity index (χ1v) is 6.72. The summed E-state index contributed by atoms with van der Waals surface area (Å²) in [7, 11) is 0. The number of nitrogens with zero attached hydrogens (tertiary/aromatic N) is 3. The molecule has 4 heteroatoms. The molecule has 0 amide bonds. The minimum Gasteiger partial charge on any atom is -0.368 e. The lowest BCUT2D eigenvalue weighted by molar-refractivity contribution is 0.198. The van der Waals surface area contributed by atoms with Gasteiger partial charge < -0.3 is 10.6 Å². The first-order chi connectivity index (χ1) is 8.36. The second-order valence-electron chi connectivity index (χ2n) is 6.35. The van der Waals surface area contributed by atoms with Gasteiger partial charge in [0.15, 0.2) is 0 Å². The van der Waals surface area contributed by atoms with E-state index in [1.165, 1.54) is 12.8 Å². The lowest BCUT2D eigenvalue weighted by Crippen LogP contribution is -2.38. The maximum absolute atomic E-state index is 5.71. The van der Waals surface area contributed by atoms with Gasteiger partial charge in [-0.3, -0.25) is 0 Å². The molecule has 1 aromatic rings. The van der Waals surface area contributed by atoms with Crippen molar-refractivity contribution in [3.05, 3.63) is 11.8 Å². The molecule has 0 aliphatic carbocycles. The second kappa shape index (κ2) is 4.75. The Balaban J connectivity index is 2.05. The number of nitrogens with two attached hydrogens (primary N) is 1. The number of hydrogen-bond acceptors (Lipinski definition) is 4. The predicted molar refractivity (Wildman–Crippen MR) is 75.6 cm³/mol. The highest BCUT2D eigenvalue weighted by Crippen LogP contribution is 2.35. The quantitative estimate of drug-likeness (QED) is 0.830. The van der Waals surface area contributed by atoms with Crippen molar-refractivity contribution in [2.45, 2.75) is 40.5 Å². The third kappa shape index (κ3) is 2.92. The van der Waals surface area contributed by atoms with E-state index in [1.807, 2.05) is 13.0 Å². The fourth-order valence-corrected chi connectivity index (χ4v) is 2.71. The van der Waals surface area contributed by atoms with E-state index in [-0.39, 0.29) is 0 Å². The summed E-state index contributed by atoms with van der Waals surface area (Å²) < 4.78 is 0. The number of rotatable bonds is 1. The van der Waals surface area contributed by atoms with E-state index in [0.29, 0.717) is 11.4 Å². The number of piperidine rings is 1. The van der Waals surface area contributed by atoms with Gasteiger partial charge in [-0.15, -0.1) is 0 Å². The number of aryl methyl sites for hydroxylation is 1. The van der Waals surface area contributed by atoms with Crippen molar-refractivity contribution in [2.75, 3.05) is 23.7 Å². The predicted octanol–water partition coefficient (Wildman–Crippen LogP) is 2.63. The SMILES string of the molecule is Cc1cc(N2CCC(C(C)(C)C)CC2)nc(N)n1. The van der Waals surface area contributed by atoms with Crippen LogP contribution in [0.5, 0.6) is 0 Å². The summed E-state index contributed by atoms with van der Waals surface area (Å²) in [4.78, 5) is 10.8. The van der Waals surface area contributed by atoms with Crippen LogP contribution in [0.3, 0.4) is 0 Å². The lowest BCUT2D eigenvalue weighted by atomic mass is 9.75. The standard InChI is InChI=1S/C14H24N4/c1-10-9-12(17-13(15)16-10)18-7-5-11(6-8-18)14(2,3)4/h9,11H,5-8H2,1-4H3,(H2,15,16,17). The molecule has 1 fully saturated rings. The number of anilines is 2. The number of hydrogen-bond donors (Lipinski definition) is 1. The zero-order valence-corrected chi connectivity index (χ0v) is 11.9. The molecule has 1 aliphatic heterocycles. The normalized spacial score (nSPS) is 18.1.